The van der Waals surface area contributed by atoms with Gasteiger partial charge in [-0.3, -0.25) is 9.69 Å². The summed E-state index contributed by atoms with van der Waals surface area (Å²) < 4.78 is 10.7. The number of oxime groups is 1. The van der Waals surface area contributed by atoms with Crippen molar-refractivity contribution in [2.75, 3.05) is 33.2 Å². The minimum atomic E-state index is -0.641. The van der Waals surface area contributed by atoms with Gasteiger partial charge in [0.05, 0.1) is 20.8 Å². The molecule has 0 aromatic heterocycles. The molecule has 148 valence electrons. The average molecular weight is 383 g/mol. The summed E-state index contributed by atoms with van der Waals surface area (Å²) in [5.74, 6) is 1.66. The van der Waals surface area contributed by atoms with Gasteiger partial charge in [0.15, 0.2) is 5.84 Å². The second-order valence-electron chi connectivity index (χ2n) is 6.75. The number of hydrogen-bond acceptors (Lipinski definition) is 6. The Kier molecular flexibility index (Phi) is 5.73. The summed E-state index contributed by atoms with van der Waals surface area (Å²) in [4.78, 5) is 21.8. The van der Waals surface area contributed by atoms with E-state index in [1.807, 2.05) is 55.4 Å². The van der Waals surface area contributed by atoms with Crippen LogP contribution in [0.2, 0.25) is 0 Å². The highest BCUT2D eigenvalue weighted by Gasteiger charge is 2.32. The predicted molar refractivity (Wildman–Crippen MR) is 108 cm³/mol. The Morgan fingerprint density at radius 1 is 1.07 bits per heavy atom. The number of benzene rings is 2. The molecule has 1 amide bonds. The van der Waals surface area contributed by atoms with Gasteiger partial charge in [-0.2, -0.15) is 0 Å². The Morgan fingerprint density at radius 2 is 1.68 bits per heavy atom. The first-order valence-electron chi connectivity index (χ1n) is 8.98. The third kappa shape index (κ3) is 4.03. The fourth-order valence-corrected chi connectivity index (χ4v) is 2.96. The summed E-state index contributed by atoms with van der Waals surface area (Å²) in [6, 6.07) is 13.4. The monoisotopic (exact) mass is 383 g/mol. The van der Waals surface area contributed by atoms with Crippen molar-refractivity contribution >= 4 is 17.4 Å². The normalized spacial score (nSPS) is 16.3. The van der Waals surface area contributed by atoms with Crippen LogP contribution in [0.4, 0.5) is 5.69 Å². The third-order valence-electron chi connectivity index (χ3n) is 4.56. The standard InChI is InChI=1S/C21H25N3O4/c1-14-21(25)24(13-15-10-18(26-4)12-19(11-15)27-5)20(22-28-14)16-6-8-17(9-7-16)23(2)3/h6-12,14H,13H2,1-5H3. The second-order valence-corrected chi connectivity index (χ2v) is 6.75. The van der Waals surface area contributed by atoms with E-state index in [1.54, 1.807) is 32.1 Å². The number of methoxy groups -OCH3 is 2. The van der Waals surface area contributed by atoms with Crippen LogP contribution in [0.25, 0.3) is 0 Å². The highest BCUT2D eigenvalue weighted by Crippen LogP contribution is 2.26. The highest BCUT2D eigenvalue weighted by atomic mass is 16.6. The number of ether oxygens (including phenoxy) is 2. The molecule has 0 bridgehead atoms. The molecule has 0 saturated heterocycles. The molecule has 0 fully saturated rings. The van der Waals surface area contributed by atoms with Gasteiger partial charge in [0.1, 0.15) is 11.5 Å². The number of amidine groups is 1. The first-order chi connectivity index (χ1) is 13.4. The number of anilines is 1. The van der Waals surface area contributed by atoms with Crippen LogP contribution in [0.3, 0.4) is 0 Å². The van der Waals surface area contributed by atoms with E-state index in [4.69, 9.17) is 14.3 Å². The summed E-state index contributed by atoms with van der Waals surface area (Å²) in [6.07, 6.45) is -0.641. The zero-order valence-electron chi connectivity index (χ0n) is 16.8. The van der Waals surface area contributed by atoms with Crippen molar-refractivity contribution in [1.29, 1.82) is 0 Å². The smallest absolute Gasteiger partial charge is 0.272 e. The third-order valence-corrected chi connectivity index (χ3v) is 4.56. The van der Waals surface area contributed by atoms with E-state index in [2.05, 4.69) is 5.16 Å². The summed E-state index contributed by atoms with van der Waals surface area (Å²) in [5, 5.41) is 4.21. The maximum absolute atomic E-state index is 12.8. The van der Waals surface area contributed by atoms with Crippen LogP contribution in [0.5, 0.6) is 11.5 Å². The van der Waals surface area contributed by atoms with Crippen LogP contribution in [0.1, 0.15) is 18.1 Å². The van der Waals surface area contributed by atoms with Gasteiger partial charge in [0.2, 0.25) is 6.10 Å². The lowest BCUT2D eigenvalue weighted by molar-refractivity contribution is -0.142. The molecule has 0 radical (unpaired) electrons. The van der Waals surface area contributed by atoms with Crippen molar-refractivity contribution in [2.45, 2.75) is 19.6 Å². The lowest BCUT2D eigenvalue weighted by Crippen LogP contribution is -2.46. The minimum Gasteiger partial charge on any atom is -0.497 e. The van der Waals surface area contributed by atoms with Crippen LogP contribution in [0, 0.1) is 0 Å². The molecule has 0 spiro atoms. The minimum absolute atomic E-state index is 0.150. The van der Waals surface area contributed by atoms with E-state index < -0.39 is 6.10 Å². The first-order valence-corrected chi connectivity index (χ1v) is 8.98. The molecule has 2 aromatic carbocycles. The van der Waals surface area contributed by atoms with E-state index >= 15 is 0 Å². The Labute approximate surface area is 165 Å². The largest absolute Gasteiger partial charge is 0.497 e. The Balaban J connectivity index is 1.95. The second kappa shape index (κ2) is 8.21. The van der Waals surface area contributed by atoms with Crippen molar-refractivity contribution < 1.29 is 19.1 Å². The molecule has 1 unspecified atom stereocenters. The number of carbonyl (C=O) groups is 1. The Hall–Kier alpha value is -3.22. The topological polar surface area (TPSA) is 63.6 Å². The quantitative estimate of drug-likeness (QED) is 0.768. The maximum atomic E-state index is 12.8. The molecular weight excluding hydrogens is 358 g/mol. The molecule has 1 atom stereocenters. The molecule has 0 N–H and O–H groups in total. The van der Waals surface area contributed by atoms with Gasteiger partial charge < -0.3 is 19.2 Å². The van der Waals surface area contributed by atoms with Gasteiger partial charge in [-0.25, -0.2) is 0 Å². The molecular formula is C21H25N3O4. The molecule has 1 aliphatic rings. The number of amides is 1. The zero-order valence-corrected chi connectivity index (χ0v) is 16.8. The zero-order chi connectivity index (χ0) is 20.3. The van der Waals surface area contributed by atoms with E-state index in [-0.39, 0.29) is 5.91 Å². The number of hydrogen-bond donors (Lipinski definition) is 0. The van der Waals surface area contributed by atoms with Gasteiger partial charge >= 0.3 is 0 Å². The van der Waals surface area contributed by atoms with Crippen LogP contribution in [-0.2, 0) is 16.2 Å². The summed E-state index contributed by atoms with van der Waals surface area (Å²) in [6.45, 7) is 2.02. The van der Waals surface area contributed by atoms with E-state index in [9.17, 15) is 4.79 Å². The lowest BCUT2D eigenvalue weighted by atomic mass is 10.1. The predicted octanol–water partition coefficient (Wildman–Crippen LogP) is 2.88. The van der Waals surface area contributed by atoms with Crippen LogP contribution < -0.4 is 14.4 Å². The lowest BCUT2D eigenvalue weighted by Gasteiger charge is -2.30. The van der Waals surface area contributed by atoms with Gasteiger partial charge in [0, 0.05) is 31.4 Å². The average Bonchev–Trinajstić information content (AvgIpc) is 2.71. The molecule has 28 heavy (non-hydrogen) atoms. The van der Waals surface area contributed by atoms with Crippen molar-refractivity contribution in [1.82, 2.24) is 4.90 Å². The van der Waals surface area contributed by atoms with E-state index in [0.717, 1.165) is 16.8 Å². The Morgan fingerprint density at radius 3 is 2.21 bits per heavy atom. The maximum Gasteiger partial charge on any atom is 0.272 e. The van der Waals surface area contributed by atoms with E-state index in [0.29, 0.717) is 23.9 Å². The number of rotatable bonds is 6. The fourth-order valence-electron chi connectivity index (χ4n) is 2.96. The summed E-state index contributed by atoms with van der Waals surface area (Å²) in [7, 11) is 7.15. The highest BCUT2D eigenvalue weighted by molar-refractivity contribution is 6.09. The van der Waals surface area contributed by atoms with Gasteiger partial charge in [-0.05, 0) is 48.9 Å². The van der Waals surface area contributed by atoms with Crippen LogP contribution in [0.15, 0.2) is 47.6 Å². The van der Waals surface area contributed by atoms with Crippen molar-refractivity contribution in [3.8, 4) is 11.5 Å². The molecule has 2 aromatic rings. The van der Waals surface area contributed by atoms with Gasteiger partial charge in [0.25, 0.3) is 5.91 Å². The molecule has 1 heterocycles. The number of carbonyl (C=O) groups excluding carboxylic acids is 1. The fraction of sp³-hybridized carbons (Fsp3) is 0.333. The van der Waals surface area contributed by atoms with Crippen molar-refractivity contribution in [2.24, 2.45) is 5.16 Å². The first kappa shape index (κ1) is 19.5. The molecule has 1 aliphatic heterocycles. The molecule has 0 aliphatic carbocycles. The molecule has 3 rings (SSSR count). The van der Waals surface area contributed by atoms with Crippen LogP contribution >= 0.6 is 0 Å². The van der Waals surface area contributed by atoms with Gasteiger partial charge in [-0.1, -0.05) is 5.16 Å². The van der Waals surface area contributed by atoms with Gasteiger partial charge in [-0.15, -0.1) is 0 Å². The Bertz CT molecular complexity index is 855. The summed E-state index contributed by atoms with van der Waals surface area (Å²) >= 11 is 0. The van der Waals surface area contributed by atoms with E-state index in [1.165, 1.54) is 0 Å². The van der Waals surface area contributed by atoms with Crippen molar-refractivity contribution in [3.05, 3.63) is 53.6 Å². The number of nitrogens with zero attached hydrogens (tertiary/aromatic N) is 3. The molecule has 7 heteroatoms. The van der Waals surface area contributed by atoms with Crippen molar-refractivity contribution in [3.63, 3.8) is 0 Å². The molecule has 0 saturated carbocycles. The van der Waals surface area contributed by atoms with Crippen LogP contribution in [-0.4, -0.2) is 51.1 Å². The molecule has 7 nitrogen and oxygen atoms in total. The summed E-state index contributed by atoms with van der Waals surface area (Å²) in [5.41, 5.74) is 2.74. The SMILES string of the molecule is COc1cc(CN2C(=O)C(C)ON=C2c2ccc(N(C)C)cc2)cc(OC)c1.